The second-order valence-electron chi connectivity index (χ2n) is 3.78. The summed E-state index contributed by atoms with van der Waals surface area (Å²) in [7, 11) is -3.63. The van der Waals surface area contributed by atoms with Gasteiger partial charge in [-0.1, -0.05) is 0 Å². The topological polar surface area (TPSA) is 78.0 Å². The third kappa shape index (κ3) is 2.09. The van der Waals surface area contributed by atoms with E-state index in [1.165, 1.54) is 22.4 Å². The molecule has 0 aliphatic heterocycles. The number of nitrogens with two attached hydrogens (primary N) is 1. The number of halogens is 1. The highest BCUT2D eigenvalue weighted by Crippen LogP contribution is 2.26. The number of nitrogens with zero attached hydrogens (tertiary/aromatic N) is 2. The molecule has 0 aliphatic carbocycles. The summed E-state index contributed by atoms with van der Waals surface area (Å²) in [5.41, 5.74) is 7.21. The number of aryl methyl sites for hydroxylation is 1. The molecular weight excluding hydrogens is 318 g/mol. The Morgan fingerprint density at radius 2 is 2.22 bits per heavy atom. The minimum absolute atomic E-state index is 0.143. The van der Waals surface area contributed by atoms with Crippen molar-refractivity contribution in [3.63, 3.8) is 0 Å². The number of pyridine rings is 1. The maximum atomic E-state index is 12.4. The van der Waals surface area contributed by atoms with E-state index in [-0.39, 0.29) is 11.4 Å². The van der Waals surface area contributed by atoms with Crippen molar-refractivity contribution in [1.82, 2.24) is 8.96 Å². The van der Waals surface area contributed by atoms with Crippen LogP contribution in [0, 0.1) is 6.92 Å². The monoisotopic (exact) mass is 329 g/mol. The predicted molar refractivity (Wildman–Crippen MR) is 71.6 cm³/mol. The van der Waals surface area contributed by atoms with Crippen LogP contribution in [-0.4, -0.2) is 17.4 Å². The molecule has 0 bridgehead atoms. The molecule has 0 radical (unpaired) electrons. The summed E-state index contributed by atoms with van der Waals surface area (Å²) in [4.78, 5) is 3.97. The van der Waals surface area contributed by atoms with Crippen molar-refractivity contribution in [1.29, 1.82) is 0 Å². The molecule has 0 aromatic carbocycles. The lowest BCUT2D eigenvalue weighted by Gasteiger charge is -2.07. The van der Waals surface area contributed by atoms with Gasteiger partial charge in [0.25, 0.3) is 10.0 Å². The molecular formula is C11H12BrN3O2S. The second kappa shape index (κ2) is 4.83. The molecule has 0 spiro atoms. The molecule has 2 aromatic heterocycles. The summed E-state index contributed by atoms with van der Waals surface area (Å²) in [6, 6.07) is 3.09. The van der Waals surface area contributed by atoms with Crippen LogP contribution in [0.2, 0.25) is 0 Å². The summed E-state index contributed by atoms with van der Waals surface area (Å²) in [6.45, 7) is 2.10. The van der Waals surface area contributed by atoms with Gasteiger partial charge in [0.15, 0.2) is 0 Å². The Kier molecular flexibility index (Phi) is 3.56. The van der Waals surface area contributed by atoms with E-state index < -0.39 is 10.0 Å². The molecule has 0 saturated carbocycles. The van der Waals surface area contributed by atoms with Crippen LogP contribution in [0.5, 0.6) is 0 Å². The quantitative estimate of drug-likeness (QED) is 0.928. The Hall–Kier alpha value is -1.18. The van der Waals surface area contributed by atoms with Gasteiger partial charge >= 0.3 is 0 Å². The Morgan fingerprint density at radius 3 is 2.72 bits per heavy atom. The molecule has 0 amide bonds. The van der Waals surface area contributed by atoms with E-state index in [0.717, 1.165) is 11.1 Å². The van der Waals surface area contributed by atoms with Gasteiger partial charge in [-0.15, -0.1) is 0 Å². The van der Waals surface area contributed by atoms with Crippen molar-refractivity contribution in [2.45, 2.75) is 18.4 Å². The van der Waals surface area contributed by atoms with Crippen LogP contribution in [0.1, 0.15) is 11.1 Å². The van der Waals surface area contributed by atoms with Crippen molar-refractivity contribution >= 4 is 26.0 Å². The molecule has 2 N–H and O–H groups in total. The first-order chi connectivity index (χ1) is 8.48. The van der Waals surface area contributed by atoms with Gasteiger partial charge in [-0.3, -0.25) is 4.98 Å². The SMILES string of the molecule is Cc1cn(S(=O)(=O)c2cccnc2)c(Br)c1CN. The van der Waals surface area contributed by atoms with Gasteiger partial charge in [0.05, 0.1) is 0 Å². The van der Waals surface area contributed by atoms with Crippen LogP contribution in [0.3, 0.4) is 0 Å². The standard InChI is InChI=1S/C11H12BrN3O2S/c1-8-7-15(11(12)10(8)5-13)18(16,17)9-3-2-4-14-6-9/h2-4,6-7H,5,13H2,1H3. The molecule has 5 nitrogen and oxygen atoms in total. The highest BCUT2D eigenvalue weighted by Gasteiger charge is 2.22. The van der Waals surface area contributed by atoms with Crippen molar-refractivity contribution in [2.24, 2.45) is 5.73 Å². The first-order valence-corrected chi connectivity index (χ1v) is 7.43. The summed E-state index contributed by atoms with van der Waals surface area (Å²) in [5.74, 6) is 0. The average molecular weight is 330 g/mol. The first-order valence-electron chi connectivity index (χ1n) is 5.20. The Labute approximate surface area is 114 Å². The highest BCUT2D eigenvalue weighted by atomic mass is 79.9. The van der Waals surface area contributed by atoms with E-state index in [2.05, 4.69) is 20.9 Å². The fourth-order valence-corrected chi connectivity index (χ4v) is 4.08. The van der Waals surface area contributed by atoms with Crippen molar-refractivity contribution in [2.75, 3.05) is 0 Å². The smallest absolute Gasteiger partial charge is 0.270 e. The highest BCUT2D eigenvalue weighted by molar-refractivity contribution is 9.10. The van der Waals surface area contributed by atoms with Crippen molar-refractivity contribution in [3.05, 3.63) is 46.5 Å². The molecule has 2 aromatic rings. The zero-order valence-corrected chi connectivity index (χ0v) is 12.1. The molecule has 0 saturated heterocycles. The average Bonchev–Trinajstić information content (AvgIpc) is 2.66. The van der Waals surface area contributed by atoms with Gasteiger partial charge in [-0.2, -0.15) is 0 Å². The van der Waals surface area contributed by atoms with E-state index in [1.807, 2.05) is 6.92 Å². The Balaban J connectivity index is 2.63. The molecule has 0 fully saturated rings. The van der Waals surface area contributed by atoms with Crippen LogP contribution in [0.25, 0.3) is 0 Å². The van der Waals surface area contributed by atoms with E-state index in [0.29, 0.717) is 4.60 Å². The van der Waals surface area contributed by atoms with Crippen molar-refractivity contribution in [3.8, 4) is 0 Å². The summed E-state index contributed by atoms with van der Waals surface area (Å²) in [6.07, 6.45) is 4.40. The molecule has 7 heteroatoms. The van der Waals surface area contributed by atoms with Gasteiger partial charge < -0.3 is 5.73 Å². The van der Waals surface area contributed by atoms with Gasteiger partial charge in [-0.25, -0.2) is 12.4 Å². The number of aromatic nitrogens is 2. The fraction of sp³-hybridized carbons (Fsp3) is 0.182. The van der Waals surface area contributed by atoms with E-state index >= 15 is 0 Å². The number of hydrogen-bond acceptors (Lipinski definition) is 4. The predicted octanol–water partition coefficient (Wildman–Crippen LogP) is 1.65. The fourth-order valence-electron chi connectivity index (χ4n) is 1.64. The zero-order chi connectivity index (χ0) is 13.3. The largest absolute Gasteiger partial charge is 0.326 e. The number of rotatable bonds is 3. The lowest BCUT2D eigenvalue weighted by molar-refractivity contribution is 0.586. The van der Waals surface area contributed by atoms with E-state index in [9.17, 15) is 8.42 Å². The minimum atomic E-state index is -3.63. The summed E-state index contributed by atoms with van der Waals surface area (Å²) < 4.78 is 26.4. The van der Waals surface area contributed by atoms with E-state index in [1.54, 1.807) is 12.3 Å². The summed E-state index contributed by atoms with van der Waals surface area (Å²) in [5, 5.41) is 0. The van der Waals surface area contributed by atoms with E-state index in [4.69, 9.17) is 5.73 Å². The van der Waals surface area contributed by atoms with Crippen LogP contribution in [-0.2, 0) is 16.6 Å². The lowest BCUT2D eigenvalue weighted by Crippen LogP contribution is -2.13. The van der Waals surface area contributed by atoms with Crippen LogP contribution < -0.4 is 5.73 Å². The zero-order valence-electron chi connectivity index (χ0n) is 9.67. The Bertz CT molecular complexity index is 665. The van der Waals surface area contributed by atoms with Crippen LogP contribution in [0.4, 0.5) is 0 Å². The third-order valence-corrected chi connectivity index (χ3v) is 5.36. The molecule has 0 atom stereocenters. The molecule has 0 unspecified atom stereocenters. The maximum absolute atomic E-state index is 12.4. The first kappa shape index (κ1) is 13.3. The molecule has 0 aliphatic rings. The molecule has 18 heavy (non-hydrogen) atoms. The lowest BCUT2D eigenvalue weighted by atomic mass is 10.2. The second-order valence-corrected chi connectivity index (χ2v) is 6.34. The summed E-state index contributed by atoms with van der Waals surface area (Å²) >= 11 is 3.28. The van der Waals surface area contributed by atoms with Gasteiger partial charge in [0.2, 0.25) is 0 Å². The van der Waals surface area contributed by atoms with Gasteiger partial charge in [0.1, 0.15) is 9.50 Å². The third-order valence-electron chi connectivity index (χ3n) is 2.62. The molecule has 2 heterocycles. The molecule has 96 valence electrons. The van der Waals surface area contributed by atoms with Gasteiger partial charge in [0, 0.05) is 30.7 Å². The number of hydrogen-bond donors (Lipinski definition) is 1. The minimum Gasteiger partial charge on any atom is -0.326 e. The van der Waals surface area contributed by atoms with Gasteiger partial charge in [-0.05, 0) is 40.5 Å². The normalized spacial score (nSPS) is 11.7. The maximum Gasteiger partial charge on any atom is 0.270 e. The molecule has 2 rings (SSSR count). The van der Waals surface area contributed by atoms with Crippen molar-refractivity contribution < 1.29 is 8.42 Å². The Morgan fingerprint density at radius 1 is 1.50 bits per heavy atom. The van der Waals surface area contributed by atoms with Crippen LogP contribution in [0.15, 0.2) is 40.2 Å². The van der Waals surface area contributed by atoms with Crippen LogP contribution >= 0.6 is 15.9 Å².